The Morgan fingerprint density at radius 2 is 1.67 bits per heavy atom. The Balaban J connectivity index is 1.57. The van der Waals surface area contributed by atoms with Gasteiger partial charge >= 0.3 is 7.82 Å². The quantitative estimate of drug-likeness (QED) is 0.265. The number of ether oxygens (including phenoxy) is 1. The van der Waals surface area contributed by atoms with Crippen molar-refractivity contribution >= 4 is 7.82 Å². The SMILES string of the molecule is CCCCCCCCCCCOc1cccc(CCCC2(N)COP(=O)(O)OC2)c1. The number of benzene rings is 1. The second-order valence-corrected chi connectivity index (χ2v) is 10.0. The number of hydrogen-bond donors (Lipinski definition) is 2. The minimum Gasteiger partial charge on any atom is -0.494 e. The van der Waals surface area contributed by atoms with Gasteiger partial charge in [-0.1, -0.05) is 70.4 Å². The van der Waals surface area contributed by atoms with Gasteiger partial charge in [0, 0.05) is 0 Å². The Morgan fingerprint density at radius 3 is 2.33 bits per heavy atom. The fourth-order valence-corrected chi connectivity index (χ4v) is 4.60. The van der Waals surface area contributed by atoms with E-state index in [4.69, 9.17) is 19.5 Å². The lowest BCUT2D eigenvalue weighted by molar-refractivity contribution is 0.0362. The predicted octanol–water partition coefficient (Wildman–Crippen LogP) is 5.76. The summed E-state index contributed by atoms with van der Waals surface area (Å²) < 4.78 is 26.9. The average Bonchev–Trinajstić information content (AvgIpc) is 2.72. The smallest absolute Gasteiger partial charge is 0.472 e. The molecule has 3 N–H and O–H groups in total. The first-order valence-corrected chi connectivity index (χ1v) is 13.0. The maximum atomic E-state index is 11.3. The van der Waals surface area contributed by atoms with Crippen molar-refractivity contribution < 1.29 is 23.2 Å². The van der Waals surface area contributed by atoms with E-state index in [-0.39, 0.29) is 13.2 Å². The summed E-state index contributed by atoms with van der Waals surface area (Å²) in [6, 6.07) is 8.20. The molecule has 1 fully saturated rings. The molecule has 7 heteroatoms. The highest BCUT2D eigenvalue weighted by atomic mass is 31.2. The van der Waals surface area contributed by atoms with Crippen LogP contribution in [-0.2, 0) is 20.0 Å². The fraction of sp³-hybridized carbons (Fsp3) is 0.739. The summed E-state index contributed by atoms with van der Waals surface area (Å²) in [4.78, 5) is 9.25. The number of unbranched alkanes of at least 4 members (excludes halogenated alkanes) is 8. The number of nitrogens with two attached hydrogens (primary N) is 1. The van der Waals surface area contributed by atoms with Gasteiger partial charge in [-0.2, -0.15) is 0 Å². The topological polar surface area (TPSA) is 91.0 Å². The maximum Gasteiger partial charge on any atom is 0.472 e. The van der Waals surface area contributed by atoms with Crippen LogP contribution in [0.15, 0.2) is 24.3 Å². The molecule has 1 aromatic carbocycles. The van der Waals surface area contributed by atoms with E-state index in [1.807, 2.05) is 12.1 Å². The lowest BCUT2D eigenvalue weighted by Crippen LogP contribution is -2.50. The van der Waals surface area contributed by atoms with Crippen molar-refractivity contribution in [2.45, 2.75) is 89.5 Å². The van der Waals surface area contributed by atoms with E-state index in [1.54, 1.807) is 0 Å². The van der Waals surface area contributed by atoms with Crippen LogP contribution in [0.1, 0.15) is 83.1 Å². The number of hydrogen-bond acceptors (Lipinski definition) is 5. The first-order chi connectivity index (χ1) is 14.4. The van der Waals surface area contributed by atoms with Crippen LogP contribution in [0.3, 0.4) is 0 Å². The molecule has 2 rings (SSSR count). The standard InChI is InChI=1S/C23H40NO5P/c1-2-3-4-5-6-7-8-9-10-17-27-22-15-11-13-21(18-22)14-12-16-23(24)19-28-30(25,26)29-20-23/h11,13,15,18H,2-10,12,14,16-17,19-20,24H2,1H3,(H,25,26). The third-order valence-electron chi connectivity index (χ3n) is 5.59. The van der Waals surface area contributed by atoms with Gasteiger partial charge in [-0.3, -0.25) is 9.05 Å². The molecule has 0 spiro atoms. The lowest BCUT2D eigenvalue weighted by Gasteiger charge is -2.34. The first kappa shape index (κ1) is 25.4. The van der Waals surface area contributed by atoms with E-state index in [1.165, 1.54) is 56.9 Å². The van der Waals surface area contributed by atoms with Gasteiger partial charge in [0.1, 0.15) is 5.75 Å². The molecule has 0 saturated carbocycles. The highest BCUT2D eigenvalue weighted by Crippen LogP contribution is 2.47. The normalized spacial score (nSPS) is 24.1. The minimum atomic E-state index is -3.89. The van der Waals surface area contributed by atoms with E-state index >= 15 is 0 Å². The number of rotatable bonds is 15. The predicted molar refractivity (Wildman–Crippen MR) is 121 cm³/mol. The summed E-state index contributed by atoms with van der Waals surface area (Å²) in [6.07, 6.45) is 14.2. The zero-order valence-corrected chi connectivity index (χ0v) is 19.4. The lowest BCUT2D eigenvalue weighted by atomic mass is 9.94. The molecule has 1 saturated heterocycles. The van der Waals surface area contributed by atoms with Crippen molar-refractivity contribution in [1.82, 2.24) is 0 Å². The van der Waals surface area contributed by atoms with Crippen LogP contribution in [0.25, 0.3) is 0 Å². The van der Waals surface area contributed by atoms with E-state index in [0.29, 0.717) is 6.42 Å². The molecule has 1 aliphatic heterocycles. The molecular formula is C23H40NO5P. The molecule has 1 aromatic rings. The third kappa shape index (κ3) is 10.4. The Hall–Kier alpha value is -0.910. The van der Waals surface area contributed by atoms with Gasteiger partial charge in [-0.25, -0.2) is 4.57 Å². The number of phosphoric acid groups is 1. The Bertz CT molecular complexity index is 642. The van der Waals surface area contributed by atoms with E-state index in [0.717, 1.165) is 31.6 Å². The molecule has 0 aliphatic carbocycles. The molecule has 0 amide bonds. The van der Waals surface area contributed by atoms with Gasteiger partial charge in [-0.05, 0) is 43.4 Å². The van der Waals surface area contributed by atoms with Crippen LogP contribution < -0.4 is 10.5 Å². The van der Waals surface area contributed by atoms with Gasteiger partial charge in [0.15, 0.2) is 0 Å². The van der Waals surface area contributed by atoms with Crippen molar-refractivity contribution in [2.75, 3.05) is 19.8 Å². The highest BCUT2D eigenvalue weighted by molar-refractivity contribution is 7.47. The van der Waals surface area contributed by atoms with Crippen molar-refractivity contribution in [3.05, 3.63) is 29.8 Å². The molecule has 0 aromatic heterocycles. The largest absolute Gasteiger partial charge is 0.494 e. The molecule has 0 radical (unpaired) electrons. The Labute approximate surface area is 182 Å². The molecule has 0 unspecified atom stereocenters. The van der Waals surface area contributed by atoms with Gasteiger partial charge < -0.3 is 15.4 Å². The summed E-state index contributed by atoms with van der Waals surface area (Å²) in [5.74, 6) is 0.917. The van der Waals surface area contributed by atoms with Crippen LogP contribution in [-0.4, -0.2) is 30.3 Å². The van der Waals surface area contributed by atoms with Gasteiger partial charge in [-0.15, -0.1) is 0 Å². The zero-order chi connectivity index (χ0) is 21.7. The van der Waals surface area contributed by atoms with Crippen LogP contribution in [0.2, 0.25) is 0 Å². The molecular weight excluding hydrogens is 401 g/mol. The molecule has 0 atom stereocenters. The van der Waals surface area contributed by atoms with Gasteiger partial charge in [0.05, 0.1) is 25.4 Å². The Morgan fingerprint density at radius 1 is 1.03 bits per heavy atom. The van der Waals surface area contributed by atoms with Gasteiger partial charge in [0.2, 0.25) is 0 Å². The van der Waals surface area contributed by atoms with Crippen molar-refractivity contribution in [2.24, 2.45) is 5.73 Å². The molecule has 6 nitrogen and oxygen atoms in total. The van der Waals surface area contributed by atoms with Crippen molar-refractivity contribution in [3.8, 4) is 5.75 Å². The molecule has 172 valence electrons. The number of aryl methyl sites for hydroxylation is 1. The molecule has 30 heavy (non-hydrogen) atoms. The summed E-state index contributed by atoms with van der Waals surface area (Å²) in [7, 11) is -3.89. The zero-order valence-electron chi connectivity index (χ0n) is 18.5. The molecule has 1 aliphatic rings. The number of phosphoric ester groups is 1. The van der Waals surface area contributed by atoms with Crippen LogP contribution in [0.5, 0.6) is 5.75 Å². The third-order valence-corrected chi connectivity index (χ3v) is 6.50. The van der Waals surface area contributed by atoms with Crippen LogP contribution >= 0.6 is 7.82 Å². The second-order valence-electron chi connectivity index (χ2n) is 8.56. The van der Waals surface area contributed by atoms with Gasteiger partial charge in [0.25, 0.3) is 0 Å². The van der Waals surface area contributed by atoms with Crippen LogP contribution in [0, 0.1) is 0 Å². The fourth-order valence-electron chi connectivity index (χ4n) is 3.68. The van der Waals surface area contributed by atoms with Crippen LogP contribution in [0.4, 0.5) is 0 Å². The summed E-state index contributed by atoms with van der Waals surface area (Å²) >= 11 is 0. The summed E-state index contributed by atoms with van der Waals surface area (Å²) in [6.45, 7) is 3.11. The van der Waals surface area contributed by atoms with Crippen molar-refractivity contribution in [3.63, 3.8) is 0 Å². The monoisotopic (exact) mass is 441 g/mol. The van der Waals surface area contributed by atoms with Crippen molar-refractivity contribution in [1.29, 1.82) is 0 Å². The van der Waals surface area contributed by atoms with E-state index in [2.05, 4.69) is 19.1 Å². The van der Waals surface area contributed by atoms with E-state index in [9.17, 15) is 9.46 Å². The second kappa shape index (κ2) is 13.5. The highest BCUT2D eigenvalue weighted by Gasteiger charge is 2.38. The first-order valence-electron chi connectivity index (χ1n) is 11.5. The minimum absolute atomic E-state index is 0.0443. The summed E-state index contributed by atoms with van der Waals surface area (Å²) in [5.41, 5.74) is 6.71. The summed E-state index contributed by atoms with van der Waals surface area (Å²) in [5, 5.41) is 0. The molecule has 1 heterocycles. The average molecular weight is 442 g/mol. The maximum absolute atomic E-state index is 11.3. The molecule has 0 bridgehead atoms. The Kier molecular flexibility index (Phi) is 11.4. The van der Waals surface area contributed by atoms with E-state index < -0.39 is 13.4 Å².